The van der Waals surface area contributed by atoms with E-state index < -0.39 is 11.6 Å². The zero-order chi connectivity index (χ0) is 33.9. The van der Waals surface area contributed by atoms with Crippen LogP contribution in [0, 0.1) is 5.41 Å². The van der Waals surface area contributed by atoms with Crippen molar-refractivity contribution in [3.63, 3.8) is 0 Å². The molecule has 2 fully saturated rings. The predicted molar refractivity (Wildman–Crippen MR) is 177 cm³/mol. The van der Waals surface area contributed by atoms with E-state index in [0.717, 1.165) is 16.9 Å². The lowest BCUT2D eigenvalue weighted by atomic mass is 9.91. The number of hydrogen-bond donors (Lipinski definition) is 0. The lowest BCUT2D eigenvalue weighted by Gasteiger charge is -2.37. The molecule has 0 aromatic heterocycles. The average Bonchev–Trinajstić information content (AvgIpc) is 3.65. The summed E-state index contributed by atoms with van der Waals surface area (Å²) in [6.07, 6.45) is 0.539. The number of nitrogens with zero attached hydrogens (tertiary/aromatic N) is 4. The summed E-state index contributed by atoms with van der Waals surface area (Å²) in [7, 11) is 1.64. The molecule has 0 spiro atoms. The molecule has 3 amide bonds. The lowest BCUT2D eigenvalue weighted by Crippen LogP contribution is -2.55. The van der Waals surface area contributed by atoms with E-state index >= 15 is 0 Å². The highest BCUT2D eigenvalue weighted by Crippen LogP contribution is 2.35. The van der Waals surface area contributed by atoms with Crippen LogP contribution in [0.4, 0.5) is 4.79 Å². The fraction of sp³-hybridized carbons (Fsp3) is 0.583. The molecular weight excluding hydrogens is 600 g/mol. The molecule has 2 atom stereocenters. The Balaban J connectivity index is 1.38. The summed E-state index contributed by atoms with van der Waals surface area (Å²) in [5, 5.41) is 0. The summed E-state index contributed by atoms with van der Waals surface area (Å²) in [5.74, 6) is 2.22. The van der Waals surface area contributed by atoms with Crippen molar-refractivity contribution in [2.75, 3.05) is 46.6 Å². The summed E-state index contributed by atoms with van der Waals surface area (Å²) in [6, 6.07) is 13.1. The highest BCUT2D eigenvalue weighted by Gasteiger charge is 2.43. The molecule has 3 aliphatic rings. The van der Waals surface area contributed by atoms with Gasteiger partial charge in [-0.3, -0.25) is 14.5 Å². The number of hydrogen-bond acceptors (Lipinski definition) is 8. The van der Waals surface area contributed by atoms with E-state index in [1.807, 2.05) is 73.0 Å². The average molecular weight is 651 g/mol. The lowest BCUT2D eigenvalue weighted by molar-refractivity contribution is -0.138. The molecule has 0 unspecified atom stereocenters. The number of amides is 3. The van der Waals surface area contributed by atoms with Crippen LogP contribution in [0.25, 0.3) is 0 Å². The topological polar surface area (TPSA) is 101 Å². The van der Waals surface area contributed by atoms with Crippen LogP contribution in [0.15, 0.2) is 42.5 Å². The fourth-order valence-corrected chi connectivity index (χ4v) is 6.40. The molecule has 47 heavy (non-hydrogen) atoms. The van der Waals surface area contributed by atoms with Crippen LogP contribution in [0.5, 0.6) is 17.2 Å². The van der Waals surface area contributed by atoms with Gasteiger partial charge in [0.25, 0.3) is 0 Å². The minimum atomic E-state index is -0.584. The third kappa shape index (κ3) is 8.88. The van der Waals surface area contributed by atoms with Crippen LogP contribution in [0.2, 0.25) is 0 Å². The predicted octanol–water partition coefficient (Wildman–Crippen LogP) is 4.91. The second-order valence-electron chi connectivity index (χ2n) is 14.9. The van der Waals surface area contributed by atoms with E-state index in [4.69, 9.17) is 18.9 Å². The number of ether oxygens (including phenoxy) is 4. The first kappa shape index (κ1) is 34.3. The Morgan fingerprint density at radius 2 is 1.60 bits per heavy atom. The molecule has 11 nitrogen and oxygen atoms in total. The number of rotatable bonds is 8. The van der Waals surface area contributed by atoms with Crippen LogP contribution >= 0.6 is 0 Å². The van der Waals surface area contributed by atoms with Crippen molar-refractivity contribution < 1.29 is 33.3 Å². The highest BCUT2D eigenvalue weighted by molar-refractivity contribution is 5.83. The smallest absolute Gasteiger partial charge is 0.410 e. The quantitative estimate of drug-likeness (QED) is 0.398. The molecule has 2 aromatic carbocycles. The summed E-state index contributed by atoms with van der Waals surface area (Å²) < 4.78 is 22.2. The number of piperazine rings is 1. The number of methoxy groups -OCH3 is 1. The number of carbonyl (C=O) groups excluding carboxylic acids is 3. The third-order valence-electron chi connectivity index (χ3n) is 8.66. The zero-order valence-electron chi connectivity index (χ0n) is 28.9. The summed E-state index contributed by atoms with van der Waals surface area (Å²) in [4.78, 5) is 48.6. The van der Waals surface area contributed by atoms with Crippen molar-refractivity contribution in [3.8, 4) is 17.2 Å². The Labute approximate surface area is 278 Å². The number of likely N-dealkylation sites (tertiary alicyclic amines) is 1. The minimum absolute atomic E-state index is 0.0154. The van der Waals surface area contributed by atoms with Crippen molar-refractivity contribution in [1.29, 1.82) is 0 Å². The molecule has 0 radical (unpaired) electrons. The summed E-state index contributed by atoms with van der Waals surface area (Å²) >= 11 is 0. The van der Waals surface area contributed by atoms with Gasteiger partial charge in [0.1, 0.15) is 11.4 Å². The molecule has 0 saturated carbocycles. The van der Waals surface area contributed by atoms with E-state index in [0.29, 0.717) is 70.2 Å². The molecule has 5 rings (SSSR count). The zero-order valence-corrected chi connectivity index (χ0v) is 28.9. The molecule has 11 heteroatoms. The molecule has 2 aromatic rings. The second kappa shape index (κ2) is 14.0. The summed E-state index contributed by atoms with van der Waals surface area (Å²) in [5.41, 5.74) is 1.20. The van der Waals surface area contributed by atoms with Gasteiger partial charge < -0.3 is 33.6 Å². The van der Waals surface area contributed by atoms with Gasteiger partial charge in [0.05, 0.1) is 13.2 Å². The SMILES string of the molecule is COc1cccc(CN(C(=O)CC(C)(C)C)[C@H]2C[C@@H](C(=O)N3CCN(C(=O)OC(C)(C)C)CC3)N(Cc3ccc4c(c3)OCO4)C2)c1. The van der Waals surface area contributed by atoms with E-state index in [-0.39, 0.29) is 36.2 Å². The van der Waals surface area contributed by atoms with Gasteiger partial charge in [0, 0.05) is 58.3 Å². The van der Waals surface area contributed by atoms with E-state index in [1.165, 1.54) is 0 Å². The molecule has 0 aliphatic carbocycles. The van der Waals surface area contributed by atoms with Crippen molar-refractivity contribution in [2.45, 2.75) is 85.2 Å². The van der Waals surface area contributed by atoms with Gasteiger partial charge in [0.15, 0.2) is 11.5 Å². The standard InChI is InChI=1S/C36H50N4O7/c1-35(2,3)20-32(41)40(22-25-9-8-10-28(17-25)44-7)27-19-29(39(23-27)21-26-11-12-30-31(18-26)46-24-45-30)33(42)37-13-15-38(16-14-37)34(43)47-36(4,5)6/h8-12,17-18,27,29H,13-16,19-24H2,1-7H3/t27-,29-/m0/s1. The van der Waals surface area contributed by atoms with Crippen molar-refractivity contribution in [3.05, 3.63) is 53.6 Å². The highest BCUT2D eigenvalue weighted by atomic mass is 16.7. The van der Waals surface area contributed by atoms with Crippen molar-refractivity contribution >= 4 is 17.9 Å². The minimum Gasteiger partial charge on any atom is -0.497 e. The van der Waals surface area contributed by atoms with Gasteiger partial charge >= 0.3 is 6.09 Å². The Morgan fingerprint density at radius 1 is 0.894 bits per heavy atom. The maximum Gasteiger partial charge on any atom is 0.410 e. The second-order valence-corrected chi connectivity index (χ2v) is 14.9. The normalized spacial score (nSPS) is 19.9. The van der Waals surface area contributed by atoms with Crippen LogP contribution in [0.1, 0.15) is 65.5 Å². The Kier molecular flexibility index (Phi) is 10.2. The number of benzene rings is 2. The fourth-order valence-electron chi connectivity index (χ4n) is 6.40. The molecule has 0 bridgehead atoms. The maximum absolute atomic E-state index is 14.3. The number of fused-ring (bicyclic) bond motifs is 1. The molecule has 3 aliphatic heterocycles. The maximum atomic E-state index is 14.3. The molecular formula is C36H50N4O7. The van der Waals surface area contributed by atoms with Gasteiger partial charge in [-0.2, -0.15) is 0 Å². The van der Waals surface area contributed by atoms with Crippen LogP contribution in [0.3, 0.4) is 0 Å². The van der Waals surface area contributed by atoms with E-state index in [2.05, 4.69) is 25.7 Å². The first-order valence-electron chi connectivity index (χ1n) is 16.5. The Hall–Kier alpha value is -3.99. The van der Waals surface area contributed by atoms with Gasteiger partial charge in [-0.15, -0.1) is 0 Å². The molecule has 2 saturated heterocycles. The molecule has 3 heterocycles. The number of carbonyl (C=O) groups is 3. The van der Waals surface area contributed by atoms with Gasteiger partial charge in [0.2, 0.25) is 18.6 Å². The van der Waals surface area contributed by atoms with Gasteiger partial charge in [-0.25, -0.2) is 4.79 Å². The van der Waals surface area contributed by atoms with Gasteiger partial charge in [-0.05, 0) is 68.0 Å². The largest absolute Gasteiger partial charge is 0.497 e. The Bertz CT molecular complexity index is 1440. The van der Waals surface area contributed by atoms with Crippen LogP contribution in [-0.2, 0) is 27.4 Å². The Morgan fingerprint density at radius 3 is 2.28 bits per heavy atom. The molecule has 256 valence electrons. The van der Waals surface area contributed by atoms with E-state index in [9.17, 15) is 14.4 Å². The van der Waals surface area contributed by atoms with Gasteiger partial charge in [-0.1, -0.05) is 39.0 Å². The van der Waals surface area contributed by atoms with Crippen molar-refractivity contribution in [2.24, 2.45) is 5.41 Å². The van der Waals surface area contributed by atoms with E-state index in [1.54, 1.807) is 12.0 Å². The first-order chi connectivity index (χ1) is 22.2. The van der Waals surface area contributed by atoms with Crippen molar-refractivity contribution in [1.82, 2.24) is 19.6 Å². The van der Waals surface area contributed by atoms with Crippen LogP contribution < -0.4 is 14.2 Å². The first-order valence-corrected chi connectivity index (χ1v) is 16.5. The third-order valence-corrected chi connectivity index (χ3v) is 8.66. The van der Waals surface area contributed by atoms with Crippen LogP contribution in [-0.4, -0.2) is 102 Å². The summed E-state index contributed by atoms with van der Waals surface area (Å²) in [6.45, 7) is 15.1. The monoisotopic (exact) mass is 650 g/mol. The molecule has 0 N–H and O–H groups in total.